The van der Waals surface area contributed by atoms with Gasteiger partial charge in [-0.2, -0.15) is 0 Å². The van der Waals surface area contributed by atoms with E-state index in [4.69, 9.17) is 27.6 Å². The molecule has 20 heavy (non-hydrogen) atoms. The van der Waals surface area contributed by atoms with Crippen LogP contribution in [0.2, 0.25) is 10.2 Å². The smallest absolute Gasteiger partial charge is 0.335 e. The highest BCUT2D eigenvalue weighted by atomic mass is 35.5. The van der Waals surface area contributed by atoms with E-state index in [9.17, 15) is 10.1 Å². The van der Waals surface area contributed by atoms with Crippen molar-refractivity contribution in [1.82, 2.24) is 9.97 Å². The maximum absolute atomic E-state index is 11.1. The van der Waals surface area contributed by atoms with Gasteiger partial charge in [0.2, 0.25) is 5.15 Å². The zero-order valence-corrected chi connectivity index (χ0v) is 11.2. The number of rotatable bonds is 2. The molecule has 0 spiro atoms. The third-order valence-corrected chi connectivity index (χ3v) is 3.26. The second-order valence-electron chi connectivity index (χ2n) is 3.89. The Morgan fingerprint density at radius 3 is 2.75 bits per heavy atom. The third kappa shape index (κ3) is 1.99. The molecule has 0 unspecified atom stereocenters. The number of aromatic nitrogens is 2. The number of hydrogen-bond acceptors (Lipinski definition) is 5. The van der Waals surface area contributed by atoms with Crippen molar-refractivity contribution in [3.05, 3.63) is 50.9 Å². The number of furan rings is 1. The Bertz CT molecular complexity index is 832. The van der Waals surface area contributed by atoms with Crippen LogP contribution >= 0.6 is 23.2 Å². The van der Waals surface area contributed by atoms with Gasteiger partial charge in [-0.15, -0.1) is 0 Å². The Morgan fingerprint density at radius 2 is 2.05 bits per heavy atom. The van der Waals surface area contributed by atoms with Crippen molar-refractivity contribution < 1.29 is 9.34 Å². The Morgan fingerprint density at radius 1 is 1.25 bits per heavy atom. The van der Waals surface area contributed by atoms with Gasteiger partial charge in [0.05, 0.1) is 9.95 Å². The van der Waals surface area contributed by atoms with Crippen molar-refractivity contribution in [1.29, 1.82) is 0 Å². The van der Waals surface area contributed by atoms with Crippen molar-refractivity contribution in [3.8, 4) is 11.5 Å². The molecule has 8 heteroatoms. The fourth-order valence-electron chi connectivity index (χ4n) is 1.84. The highest BCUT2D eigenvalue weighted by Gasteiger charge is 2.25. The molecular formula is C12H5Cl2N3O3. The lowest BCUT2D eigenvalue weighted by atomic mass is 10.2. The summed E-state index contributed by atoms with van der Waals surface area (Å²) >= 11 is 11.7. The van der Waals surface area contributed by atoms with Crippen molar-refractivity contribution in [2.45, 2.75) is 0 Å². The number of halogens is 2. The molecule has 2 heterocycles. The van der Waals surface area contributed by atoms with Gasteiger partial charge in [0.15, 0.2) is 17.0 Å². The molecule has 0 aliphatic carbocycles. The van der Waals surface area contributed by atoms with Crippen LogP contribution in [0.25, 0.3) is 22.4 Å². The van der Waals surface area contributed by atoms with Crippen LogP contribution in [0.1, 0.15) is 0 Å². The number of para-hydroxylation sites is 1. The first-order chi connectivity index (χ1) is 9.58. The lowest BCUT2D eigenvalue weighted by Crippen LogP contribution is -1.96. The molecule has 0 atom stereocenters. The summed E-state index contributed by atoms with van der Waals surface area (Å²) in [4.78, 5) is 17.9. The fraction of sp³-hybridized carbons (Fsp3) is 0. The molecule has 100 valence electrons. The number of hydrogen-bond donors (Lipinski definition) is 0. The standard InChI is InChI=1S/C12H5Cl2N3O3/c13-7-3-1-2-6-4-8(20-11(6)7)9-10(17(18)19)12(14)16-5-15-9/h1-5H. The molecule has 0 radical (unpaired) electrons. The summed E-state index contributed by atoms with van der Waals surface area (Å²) in [6.07, 6.45) is 1.14. The first-order valence-corrected chi connectivity index (χ1v) is 6.17. The van der Waals surface area contributed by atoms with E-state index in [1.165, 1.54) is 0 Å². The van der Waals surface area contributed by atoms with Crippen molar-refractivity contribution >= 4 is 39.9 Å². The average Bonchev–Trinajstić information content (AvgIpc) is 2.83. The normalized spacial score (nSPS) is 10.9. The predicted molar refractivity (Wildman–Crippen MR) is 73.9 cm³/mol. The van der Waals surface area contributed by atoms with Crippen molar-refractivity contribution in [3.63, 3.8) is 0 Å². The first kappa shape index (κ1) is 12.8. The summed E-state index contributed by atoms with van der Waals surface area (Å²) in [5.41, 5.74) is 0.0554. The Kier molecular flexibility index (Phi) is 3.04. The van der Waals surface area contributed by atoms with Gasteiger partial charge >= 0.3 is 5.69 Å². The molecule has 0 aliphatic heterocycles. The van der Waals surface area contributed by atoms with E-state index in [0.717, 1.165) is 11.7 Å². The van der Waals surface area contributed by atoms with Crippen LogP contribution in [0.5, 0.6) is 0 Å². The lowest BCUT2D eigenvalue weighted by Gasteiger charge is -1.99. The molecule has 0 fully saturated rings. The molecule has 0 bridgehead atoms. The van der Waals surface area contributed by atoms with Gasteiger partial charge in [0.25, 0.3) is 0 Å². The topological polar surface area (TPSA) is 82.1 Å². The van der Waals surface area contributed by atoms with Gasteiger partial charge in [-0.25, -0.2) is 9.97 Å². The minimum atomic E-state index is -0.646. The predicted octanol–water partition coefficient (Wildman–Crippen LogP) is 4.10. The van der Waals surface area contributed by atoms with E-state index >= 15 is 0 Å². The molecule has 0 aliphatic rings. The largest absolute Gasteiger partial charge is 0.453 e. The molecule has 0 saturated heterocycles. The monoisotopic (exact) mass is 309 g/mol. The van der Waals surface area contributed by atoms with E-state index < -0.39 is 10.6 Å². The van der Waals surface area contributed by atoms with Gasteiger partial charge in [-0.1, -0.05) is 35.3 Å². The molecule has 3 aromatic rings. The molecule has 6 nitrogen and oxygen atoms in total. The molecule has 0 saturated carbocycles. The maximum Gasteiger partial charge on any atom is 0.335 e. The molecule has 3 rings (SSSR count). The molecular weight excluding hydrogens is 305 g/mol. The summed E-state index contributed by atoms with van der Waals surface area (Å²) in [6, 6.07) is 6.82. The number of fused-ring (bicyclic) bond motifs is 1. The minimum Gasteiger partial charge on any atom is -0.453 e. The zero-order valence-electron chi connectivity index (χ0n) is 9.71. The second kappa shape index (κ2) is 4.73. The van der Waals surface area contributed by atoms with Crippen LogP contribution in [-0.4, -0.2) is 14.9 Å². The van der Waals surface area contributed by atoms with E-state index in [0.29, 0.717) is 10.6 Å². The van der Waals surface area contributed by atoms with Crippen LogP contribution in [0.3, 0.4) is 0 Å². The average molecular weight is 310 g/mol. The van der Waals surface area contributed by atoms with Gasteiger partial charge in [-0.05, 0) is 12.1 Å². The number of benzene rings is 1. The first-order valence-electron chi connectivity index (χ1n) is 5.41. The van der Waals surface area contributed by atoms with E-state index in [-0.39, 0.29) is 16.6 Å². The van der Waals surface area contributed by atoms with Crippen LogP contribution in [0, 0.1) is 10.1 Å². The van der Waals surface area contributed by atoms with E-state index in [1.54, 1.807) is 24.3 Å². The van der Waals surface area contributed by atoms with Crippen LogP contribution in [0.4, 0.5) is 5.69 Å². The quantitative estimate of drug-likeness (QED) is 0.404. The minimum absolute atomic E-state index is 0.0160. The molecule has 0 amide bonds. The summed E-state index contributed by atoms with van der Waals surface area (Å²) in [5.74, 6) is 0.212. The van der Waals surface area contributed by atoms with Crippen LogP contribution in [-0.2, 0) is 0 Å². The molecule has 0 N–H and O–H groups in total. The lowest BCUT2D eigenvalue weighted by molar-refractivity contribution is -0.384. The summed E-state index contributed by atoms with van der Waals surface area (Å²) in [7, 11) is 0. The van der Waals surface area contributed by atoms with Gasteiger partial charge in [0.1, 0.15) is 6.33 Å². The Balaban J connectivity index is 2.29. The zero-order chi connectivity index (χ0) is 14.3. The maximum atomic E-state index is 11.1. The highest BCUT2D eigenvalue weighted by Crippen LogP contribution is 2.37. The van der Waals surface area contributed by atoms with Crippen molar-refractivity contribution in [2.24, 2.45) is 0 Å². The van der Waals surface area contributed by atoms with E-state index in [1.807, 2.05) is 0 Å². The molecule has 1 aromatic carbocycles. The second-order valence-corrected chi connectivity index (χ2v) is 4.65. The molecule has 2 aromatic heterocycles. The SMILES string of the molecule is O=[N+]([O-])c1c(Cl)ncnc1-c1cc2cccc(Cl)c2o1. The number of nitro groups is 1. The highest BCUT2D eigenvalue weighted by molar-refractivity contribution is 6.35. The van der Waals surface area contributed by atoms with Crippen LogP contribution < -0.4 is 0 Å². The van der Waals surface area contributed by atoms with Crippen LogP contribution in [0.15, 0.2) is 35.0 Å². The summed E-state index contributed by atoms with van der Waals surface area (Å²) in [6.45, 7) is 0. The third-order valence-electron chi connectivity index (χ3n) is 2.69. The summed E-state index contributed by atoms with van der Waals surface area (Å²) < 4.78 is 5.55. The number of nitrogens with zero attached hydrogens (tertiary/aromatic N) is 3. The Labute approximate surface area is 122 Å². The van der Waals surface area contributed by atoms with Gasteiger partial charge in [-0.3, -0.25) is 10.1 Å². The summed E-state index contributed by atoms with van der Waals surface area (Å²) in [5, 5.41) is 12.0. The van der Waals surface area contributed by atoms with Gasteiger partial charge in [0, 0.05) is 5.39 Å². The van der Waals surface area contributed by atoms with Crippen molar-refractivity contribution in [2.75, 3.05) is 0 Å². The fourth-order valence-corrected chi connectivity index (χ4v) is 2.27. The Hall–Kier alpha value is -2.18. The van der Waals surface area contributed by atoms with Gasteiger partial charge < -0.3 is 4.42 Å². The van der Waals surface area contributed by atoms with E-state index in [2.05, 4.69) is 9.97 Å².